The Morgan fingerprint density at radius 3 is 2.95 bits per heavy atom. The second-order valence-corrected chi connectivity index (χ2v) is 6.64. The van der Waals surface area contributed by atoms with Crippen molar-refractivity contribution in [2.75, 3.05) is 13.1 Å². The van der Waals surface area contributed by atoms with Crippen molar-refractivity contribution in [3.8, 4) is 0 Å². The van der Waals surface area contributed by atoms with Crippen molar-refractivity contribution in [1.82, 2.24) is 15.0 Å². The zero-order valence-electron chi connectivity index (χ0n) is 11.9. The lowest BCUT2D eigenvalue weighted by Gasteiger charge is -2.27. The van der Waals surface area contributed by atoms with Crippen LogP contribution in [0.5, 0.6) is 0 Å². The molecule has 22 heavy (non-hydrogen) atoms. The van der Waals surface area contributed by atoms with Crippen LogP contribution in [0.4, 0.5) is 8.78 Å². The standard InChI is InChI=1S/C15H16BrF2N3O/c1-2-4-15(13(17)18)9-20-5-3-12(21(20)14(15)22)10-6-11(16)8-19-7-10/h2,6-8,12-13H,1,3-5,9H2. The van der Waals surface area contributed by atoms with E-state index < -0.39 is 17.7 Å². The third-order valence-corrected chi connectivity index (χ3v) is 4.83. The van der Waals surface area contributed by atoms with Crippen LogP contribution in [0.25, 0.3) is 0 Å². The summed E-state index contributed by atoms with van der Waals surface area (Å²) in [5.41, 5.74) is -0.811. The Bertz CT molecular complexity index is 612. The van der Waals surface area contributed by atoms with E-state index >= 15 is 0 Å². The van der Waals surface area contributed by atoms with Gasteiger partial charge in [-0.25, -0.2) is 13.8 Å². The maximum atomic E-state index is 13.6. The van der Waals surface area contributed by atoms with Crippen molar-refractivity contribution in [2.24, 2.45) is 5.41 Å². The Kier molecular flexibility index (Phi) is 4.03. The summed E-state index contributed by atoms with van der Waals surface area (Å²) in [4.78, 5) is 16.8. The number of rotatable bonds is 4. The summed E-state index contributed by atoms with van der Waals surface area (Å²) < 4.78 is 28.0. The first kappa shape index (κ1) is 15.6. The molecule has 2 saturated heterocycles. The van der Waals surface area contributed by atoms with Crippen LogP contribution in [0.3, 0.4) is 0 Å². The highest BCUT2D eigenvalue weighted by Crippen LogP contribution is 2.47. The van der Waals surface area contributed by atoms with E-state index in [2.05, 4.69) is 27.5 Å². The van der Waals surface area contributed by atoms with E-state index in [0.717, 1.165) is 16.5 Å². The summed E-state index contributed by atoms with van der Waals surface area (Å²) in [6, 6.07) is 1.65. The zero-order chi connectivity index (χ0) is 15.9. The number of aromatic nitrogens is 1. The number of hydrazine groups is 1. The molecule has 1 aromatic heterocycles. The van der Waals surface area contributed by atoms with Gasteiger partial charge in [-0.3, -0.25) is 14.8 Å². The van der Waals surface area contributed by atoms with Crippen molar-refractivity contribution in [3.05, 3.63) is 41.2 Å². The molecule has 0 aliphatic carbocycles. The molecule has 2 fully saturated rings. The van der Waals surface area contributed by atoms with E-state index in [-0.39, 0.29) is 19.0 Å². The average molecular weight is 372 g/mol. The van der Waals surface area contributed by atoms with Gasteiger partial charge in [0, 0.05) is 30.0 Å². The number of nitrogens with zero attached hydrogens (tertiary/aromatic N) is 3. The molecule has 0 bridgehead atoms. The number of allylic oxidation sites excluding steroid dienone is 1. The smallest absolute Gasteiger partial charge is 0.254 e. The molecule has 2 aliphatic rings. The molecule has 0 radical (unpaired) electrons. The molecule has 2 aliphatic heterocycles. The van der Waals surface area contributed by atoms with Crippen LogP contribution >= 0.6 is 15.9 Å². The van der Waals surface area contributed by atoms with Crippen LogP contribution < -0.4 is 0 Å². The highest BCUT2D eigenvalue weighted by Gasteiger charge is 2.59. The molecular weight excluding hydrogens is 356 g/mol. The summed E-state index contributed by atoms with van der Waals surface area (Å²) >= 11 is 3.35. The Labute approximate surface area is 135 Å². The zero-order valence-corrected chi connectivity index (χ0v) is 13.5. The molecule has 0 spiro atoms. The summed E-state index contributed by atoms with van der Waals surface area (Å²) in [6.45, 7) is 4.17. The van der Waals surface area contributed by atoms with Gasteiger partial charge in [0.2, 0.25) is 0 Å². The summed E-state index contributed by atoms with van der Waals surface area (Å²) in [7, 11) is 0. The van der Waals surface area contributed by atoms with Gasteiger partial charge in [0.1, 0.15) is 5.41 Å². The van der Waals surface area contributed by atoms with Gasteiger partial charge in [-0.15, -0.1) is 6.58 Å². The Morgan fingerprint density at radius 2 is 2.32 bits per heavy atom. The Hall–Kier alpha value is -1.34. The minimum atomic E-state index is -2.70. The van der Waals surface area contributed by atoms with Gasteiger partial charge in [-0.05, 0) is 40.4 Å². The van der Waals surface area contributed by atoms with Crippen LogP contribution in [0.15, 0.2) is 35.6 Å². The molecule has 4 nitrogen and oxygen atoms in total. The Morgan fingerprint density at radius 1 is 1.55 bits per heavy atom. The number of fused-ring (bicyclic) bond motifs is 1. The number of halogens is 3. The fourth-order valence-electron chi connectivity index (χ4n) is 3.32. The van der Waals surface area contributed by atoms with Crippen molar-refractivity contribution < 1.29 is 13.6 Å². The number of carbonyl (C=O) groups excluding carboxylic acids is 1. The van der Waals surface area contributed by atoms with E-state index in [0.29, 0.717) is 6.54 Å². The predicted octanol–water partition coefficient (Wildman–Crippen LogP) is 3.18. The molecule has 0 aromatic carbocycles. The van der Waals surface area contributed by atoms with Crippen LogP contribution in [0, 0.1) is 5.41 Å². The molecule has 1 amide bonds. The molecule has 0 saturated carbocycles. The van der Waals surface area contributed by atoms with Gasteiger partial charge in [0.05, 0.1) is 6.04 Å². The second-order valence-electron chi connectivity index (χ2n) is 5.73. The third-order valence-electron chi connectivity index (χ3n) is 4.40. The summed E-state index contributed by atoms with van der Waals surface area (Å²) in [5, 5.41) is 3.24. The molecule has 3 rings (SSSR count). The monoisotopic (exact) mass is 371 g/mol. The highest BCUT2D eigenvalue weighted by atomic mass is 79.9. The lowest BCUT2D eigenvalue weighted by atomic mass is 9.84. The number of pyridine rings is 1. The SMILES string of the molecule is C=CCC1(C(F)F)CN2CCC(c3cncc(Br)c3)N2C1=O. The molecular formula is C15H16BrF2N3O. The summed E-state index contributed by atoms with van der Waals surface area (Å²) in [5.74, 6) is -0.509. The molecule has 118 valence electrons. The molecule has 7 heteroatoms. The second kappa shape index (κ2) is 5.70. The van der Waals surface area contributed by atoms with Crippen LogP contribution in [0.1, 0.15) is 24.4 Å². The first-order valence-corrected chi connectivity index (χ1v) is 7.87. The predicted molar refractivity (Wildman–Crippen MR) is 81.0 cm³/mol. The van der Waals surface area contributed by atoms with Gasteiger partial charge < -0.3 is 0 Å². The number of amides is 1. The molecule has 2 unspecified atom stereocenters. The average Bonchev–Trinajstić information content (AvgIpc) is 2.99. The van der Waals surface area contributed by atoms with Crippen molar-refractivity contribution in [1.29, 1.82) is 0 Å². The van der Waals surface area contributed by atoms with Gasteiger partial charge in [-0.2, -0.15) is 0 Å². The van der Waals surface area contributed by atoms with Crippen molar-refractivity contribution >= 4 is 21.8 Å². The largest absolute Gasteiger partial charge is 0.272 e. The lowest BCUT2D eigenvalue weighted by Crippen LogP contribution is -2.41. The lowest BCUT2D eigenvalue weighted by molar-refractivity contribution is -0.148. The topological polar surface area (TPSA) is 36.4 Å². The van der Waals surface area contributed by atoms with E-state index in [4.69, 9.17) is 0 Å². The van der Waals surface area contributed by atoms with Gasteiger partial charge in [0.15, 0.2) is 0 Å². The molecule has 2 atom stereocenters. The normalized spacial score (nSPS) is 28.5. The third kappa shape index (κ3) is 2.27. The first-order chi connectivity index (χ1) is 10.5. The van der Waals surface area contributed by atoms with Crippen LogP contribution in [-0.4, -0.2) is 40.4 Å². The van der Waals surface area contributed by atoms with E-state index in [1.165, 1.54) is 11.1 Å². The minimum absolute atomic E-state index is 0.0139. The quantitative estimate of drug-likeness (QED) is 0.762. The number of hydrogen-bond donors (Lipinski definition) is 0. The first-order valence-electron chi connectivity index (χ1n) is 7.07. The van der Waals surface area contributed by atoms with Crippen molar-refractivity contribution in [3.63, 3.8) is 0 Å². The van der Waals surface area contributed by atoms with Crippen LogP contribution in [0.2, 0.25) is 0 Å². The Balaban J connectivity index is 1.94. The van der Waals surface area contributed by atoms with Gasteiger partial charge in [-0.1, -0.05) is 6.08 Å². The molecule has 0 N–H and O–H groups in total. The number of carbonyl (C=O) groups is 1. The van der Waals surface area contributed by atoms with Crippen LogP contribution in [-0.2, 0) is 4.79 Å². The van der Waals surface area contributed by atoms with E-state index in [1.54, 1.807) is 17.4 Å². The van der Waals surface area contributed by atoms with E-state index in [9.17, 15) is 13.6 Å². The maximum Gasteiger partial charge on any atom is 0.254 e. The van der Waals surface area contributed by atoms with Gasteiger partial charge in [0.25, 0.3) is 12.3 Å². The fourth-order valence-corrected chi connectivity index (χ4v) is 3.71. The minimum Gasteiger partial charge on any atom is -0.272 e. The highest BCUT2D eigenvalue weighted by molar-refractivity contribution is 9.10. The maximum absolute atomic E-state index is 13.6. The fraction of sp³-hybridized carbons (Fsp3) is 0.467. The molecule has 3 heterocycles. The van der Waals surface area contributed by atoms with Gasteiger partial charge >= 0.3 is 0 Å². The van der Waals surface area contributed by atoms with Crippen molar-refractivity contribution in [2.45, 2.75) is 25.3 Å². The van der Waals surface area contributed by atoms with E-state index in [1.807, 2.05) is 6.07 Å². The summed E-state index contributed by atoms with van der Waals surface area (Å²) in [6.07, 6.45) is 2.75. The molecule has 1 aromatic rings. The number of hydrogen-bond acceptors (Lipinski definition) is 3. The number of alkyl halides is 2.